The van der Waals surface area contributed by atoms with Crippen LogP contribution in [0.3, 0.4) is 0 Å². The van der Waals surface area contributed by atoms with Crippen LogP contribution in [0.15, 0.2) is 60.9 Å². The minimum atomic E-state index is -0.443. The summed E-state index contributed by atoms with van der Waals surface area (Å²) in [5.41, 5.74) is 7.66. The van der Waals surface area contributed by atoms with Gasteiger partial charge in [-0.3, -0.25) is 5.32 Å². The van der Waals surface area contributed by atoms with E-state index in [1.807, 2.05) is 43.3 Å². The number of rotatable bonds is 7. The number of amides is 2. The number of nitrogens with one attached hydrogen (secondary N) is 2. The van der Waals surface area contributed by atoms with Crippen molar-refractivity contribution in [1.82, 2.24) is 19.7 Å². The predicted octanol–water partition coefficient (Wildman–Crippen LogP) is 5.25. The summed E-state index contributed by atoms with van der Waals surface area (Å²) in [5, 5.41) is 19.7. The van der Waals surface area contributed by atoms with Crippen LogP contribution in [0.1, 0.15) is 39.0 Å². The Morgan fingerprint density at radius 3 is 2.37 bits per heavy atom. The van der Waals surface area contributed by atoms with E-state index in [2.05, 4.69) is 41.4 Å². The van der Waals surface area contributed by atoms with Gasteiger partial charge in [0.2, 0.25) is 5.88 Å². The van der Waals surface area contributed by atoms with Crippen molar-refractivity contribution in [2.24, 2.45) is 0 Å². The summed E-state index contributed by atoms with van der Waals surface area (Å²) in [4.78, 5) is 20.6. The largest absolute Gasteiger partial charge is 0.494 e. The number of carbonyl (C=O) groups is 1. The number of nitrogens with zero attached hydrogens (tertiary/aromatic N) is 5. The molecule has 0 bridgehead atoms. The number of hydrogen-bond donors (Lipinski definition) is 3. The normalized spacial score (nSPS) is 10.9. The fourth-order valence-electron chi connectivity index (χ4n) is 3.44. The number of aromatic nitrogens is 4. The van der Waals surface area contributed by atoms with Crippen LogP contribution in [-0.2, 0) is 5.41 Å². The summed E-state index contributed by atoms with van der Waals surface area (Å²) in [6.45, 7) is 8.67. The monoisotopic (exact) mass is 512 g/mol. The maximum Gasteiger partial charge on any atom is 0.324 e. The molecular weight excluding hydrogens is 484 g/mol. The third-order valence-electron chi connectivity index (χ3n) is 5.39. The second-order valence-electron chi connectivity index (χ2n) is 9.26. The van der Waals surface area contributed by atoms with Crippen molar-refractivity contribution in [3.63, 3.8) is 0 Å². The lowest BCUT2D eigenvalue weighted by Crippen LogP contribution is -2.21. The molecule has 11 heteroatoms. The molecule has 2 amide bonds. The standard InChI is InChI=1S/C27H28N8O3/c1-5-37-19-12-8-18(9-13-19)35-23(14-22(34-35)27(2,3)4)33-26(36)32-17-6-10-20(11-7-17)38-25-21(15-28)24(29)30-16-31-25/h6-14,16H,5H2,1-4H3,(H2,29,30,31)(H2,32,33,36). The van der Waals surface area contributed by atoms with Crippen molar-refractivity contribution in [2.75, 3.05) is 23.0 Å². The molecule has 0 aliphatic carbocycles. The average molecular weight is 513 g/mol. The molecule has 0 saturated heterocycles. The number of urea groups is 1. The number of carbonyl (C=O) groups excluding carboxylic acids is 1. The number of anilines is 3. The van der Waals surface area contributed by atoms with E-state index < -0.39 is 6.03 Å². The van der Waals surface area contributed by atoms with Crippen LogP contribution in [0.4, 0.5) is 22.1 Å². The van der Waals surface area contributed by atoms with Gasteiger partial charge < -0.3 is 20.5 Å². The molecule has 0 fully saturated rings. The topological polar surface area (TPSA) is 153 Å². The van der Waals surface area contributed by atoms with E-state index in [9.17, 15) is 10.1 Å². The van der Waals surface area contributed by atoms with E-state index in [4.69, 9.17) is 20.3 Å². The van der Waals surface area contributed by atoms with Crippen molar-refractivity contribution < 1.29 is 14.3 Å². The molecule has 2 heterocycles. The summed E-state index contributed by atoms with van der Waals surface area (Å²) in [7, 11) is 0. The van der Waals surface area contributed by atoms with Crippen LogP contribution in [-0.4, -0.2) is 32.4 Å². The van der Waals surface area contributed by atoms with Crippen molar-refractivity contribution in [3.05, 3.63) is 72.2 Å². The van der Waals surface area contributed by atoms with Crippen LogP contribution >= 0.6 is 0 Å². The highest BCUT2D eigenvalue weighted by Crippen LogP contribution is 2.28. The minimum absolute atomic E-state index is 0.0338. The number of hydrogen-bond acceptors (Lipinski definition) is 8. The quantitative estimate of drug-likeness (QED) is 0.303. The van der Waals surface area contributed by atoms with E-state index in [0.717, 1.165) is 17.1 Å². The highest BCUT2D eigenvalue weighted by molar-refractivity contribution is 5.99. The van der Waals surface area contributed by atoms with Crippen molar-refractivity contribution in [3.8, 4) is 29.1 Å². The van der Waals surface area contributed by atoms with Crippen molar-refractivity contribution in [1.29, 1.82) is 5.26 Å². The zero-order chi connectivity index (χ0) is 27.3. The minimum Gasteiger partial charge on any atom is -0.494 e. The third kappa shape index (κ3) is 5.99. The van der Waals surface area contributed by atoms with E-state index >= 15 is 0 Å². The molecule has 2 aromatic heterocycles. The SMILES string of the molecule is CCOc1ccc(-n2nc(C(C)(C)C)cc2NC(=O)Nc2ccc(Oc3ncnc(N)c3C#N)cc2)cc1. The highest BCUT2D eigenvalue weighted by atomic mass is 16.5. The molecule has 4 N–H and O–H groups in total. The van der Waals surface area contributed by atoms with Crippen molar-refractivity contribution in [2.45, 2.75) is 33.1 Å². The van der Waals surface area contributed by atoms with Gasteiger partial charge in [-0.15, -0.1) is 0 Å². The van der Waals surface area contributed by atoms with E-state index in [1.165, 1.54) is 6.33 Å². The van der Waals surface area contributed by atoms with Gasteiger partial charge in [0.25, 0.3) is 0 Å². The zero-order valence-electron chi connectivity index (χ0n) is 21.5. The van der Waals surface area contributed by atoms with Gasteiger partial charge in [-0.25, -0.2) is 19.4 Å². The Bertz CT molecular complexity index is 1470. The zero-order valence-corrected chi connectivity index (χ0v) is 21.5. The highest BCUT2D eigenvalue weighted by Gasteiger charge is 2.22. The van der Waals surface area contributed by atoms with Crippen LogP contribution in [0.2, 0.25) is 0 Å². The van der Waals surface area contributed by atoms with Crippen LogP contribution < -0.4 is 25.8 Å². The Hall–Kier alpha value is -5.11. The first-order valence-electron chi connectivity index (χ1n) is 11.9. The lowest BCUT2D eigenvalue weighted by molar-refractivity contribution is 0.262. The summed E-state index contributed by atoms with van der Waals surface area (Å²) < 4.78 is 12.9. The first-order valence-corrected chi connectivity index (χ1v) is 11.9. The van der Waals surface area contributed by atoms with Gasteiger partial charge in [0.15, 0.2) is 5.56 Å². The van der Waals surface area contributed by atoms with Gasteiger partial charge in [-0.1, -0.05) is 20.8 Å². The lowest BCUT2D eigenvalue weighted by Gasteiger charge is -2.14. The van der Waals surface area contributed by atoms with E-state index in [1.54, 1.807) is 28.9 Å². The summed E-state index contributed by atoms with van der Waals surface area (Å²) in [6.07, 6.45) is 1.22. The molecular formula is C27H28N8O3. The van der Waals surface area contributed by atoms with Gasteiger partial charge in [-0.2, -0.15) is 10.4 Å². The maximum atomic E-state index is 12.9. The number of benzene rings is 2. The molecule has 0 radical (unpaired) electrons. The Balaban J connectivity index is 1.49. The fourth-order valence-corrected chi connectivity index (χ4v) is 3.44. The molecule has 38 heavy (non-hydrogen) atoms. The Morgan fingerprint density at radius 2 is 1.74 bits per heavy atom. The molecule has 0 spiro atoms. The molecule has 194 valence electrons. The number of ether oxygens (including phenoxy) is 2. The van der Waals surface area contributed by atoms with Gasteiger partial charge >= 0.3 is 6.03 Å². The molecule has 2 aromatic carbocycles. The van der Waals surface area contributed by atoms with E-state index in [0.29, 0.717) is 23.9 Å². The fraction of sp³-hybridized carbons (Fsp3) is 0.222. The summed E-state index contributed by atoms with van der Waals surface area (Å²) in [5.74, 6) is 1.77. The average Bonchev–Trinajstić information content (AvgIpc) is 3.30. The van der Waals surface area contributed by atoms with Gasteiger partial charge in [-0.05, 0) is 55.5 Å². The predicted molar refractivity (Wildman–Crippen MR) is 144 cm³/mol. The van der Waals surface area contributed by atoms with E-state index in [-0.39, 0.29) is 22.7 Å². The molecule has 4 aromatic rings. The van der Waals surface area contributed by atoms with Crippen LogP contribution in [0.5, 0.6) is 17.4 Å². The molecule has 0 saturated carbocycles. The molecule has 4 rings (SSSR count). The van der Waals surface area contributed by atoms with Gasteiger partial charge in [0, 0.05) is 17.2 Å². The summed E-state index contributed by atoms with van der Waals surface area (Å²) in [6, 6.07) is 17.4. The Labute approximate surface area is 220 Å². The Kier molecular flexibility index (Phi) is 7.43. The molecule has 0 aliphatic heterocycles. The third-order valence-corrected chi connectivity index (χ3v) is 5.39. The second-order valence-corrected chi connectivity index (χ2v) is 9.26. The number of nitriles is 1. The van der Waals surface area contributed by atoms with Crippen LogP contribution in [0, 0.1) is 11.3 Å². The molecule has 11 nitrogen and oxygen atoms in total. The second kappa shape index (κ2) is 10.9. The van der Waals surface area contributed by atoms with Gasteiger partial charge in [0.05, 0.1) is 18.0 Å². The number of nitrogens with two attached hydrogens (primary N) is 1. The Morgan fingerprint density at radius 1 is 1.05 bits per heavy atom. The van der Waals surface area contributed by atoms with Gasteiger partial charge in [0.1, 0.15) is 35.5 Å². The summed E-state index contributed by atoms with van der Waals surface area (Å²) >= 11 is 0. The maximum absolute atomic E-state index is 12.9. The molecule has 0 unspecified atom stereocenters. The first-order chi connectivity index (χ1) is 18.2. The van der Waals surface area contributed by atoms with Crippen molar-refractivity contribution >= 4 is 23.4 Å². The first kappa shape index (κ1) is 26.0. The number of nitrogen functional groups attached to an aromatic ring is 1. The molecule has 0 atom stereocenters. The van der Waals surface area contributed by atoms with Crippen LogP contribution in [0.25, 0.3) is 5.69 Å². The smallest absolute Gasteiger partial charge is 0.324 e. The lowest BCUT2D eigenvalue weighted by atomic mass is 9.92. The molecule has 0 aliphatic rings.